The lowest BCUT2D eigenvalue weighted by Gasteiger charge is -2.33. The number of quaternary nitrogens is 1. The molecular formula is C14H21ClN3OS+. The fraction of sp³-hybridized carbons (Fsp3) is 0.500. The van der Waals surface area contributed by atoms with E-state index in [0.29, 0.717) is 0 Å². The highest BCUT2D eigenvalue weighted by Gasteiger charge is 2.21. The van der Waals surface area contributed by atoms with Crippen molar-refractivity contribution < 1.29 is 10.0 Å². The molecule has 110 valence electrons. The average Bonchev–Trinajstić information content (AvgIpc) is 2.45. The Labute approximate surface area is 130 Å². The molecule has 1 aromatic carbocycles. The molecular weight excluding hydrogens is 294 g/mol. The molecule has 0 amide bonds. The van der Waals surface area contributed by atoms with E-state index in [1.54, 1.807) is 0 Å². The summed E-state index contributed by atoms with van der Waals surface area (Å²) in [6.07, 6.45) is 0. The molecule has 1 saturated heterocycles. The molecule has 0 bridgehead atoms. The van der Waals surface area contributed by atoms with Crippen LogP contribution >= 0.6 is 23.8 Å². The third kappa shape index (κ3) is 3.82. The van der Waals surface area contributed by atoms with Crippen LogP contribution in [0.5, 0.6) is 0 Å². The number of aliphatic hydroxyl groups excluding tert-OH is 1. The van der Waals surface area contributed by atoms with Gasteiger partial charge in [-0.1, -0.05) is 17.7 Å². The van der Waals surface area contributed by atoms with Gasteiger partial charge in [0, 0.05) is 10.7 Å². The van der Waals surface area contributed by atoms with Gasteiger partial charge in [0.05, 0.1) is 32.8 Å². The maximum atomic E-state index is 8.96. The van der Waals surface area contributed by atoms with Crippen molar-refractivity contribution >= 4 is 34.6 Å². The second-order valence-electron chi connectivity index (χ2n) is 5.05. The maximum absolute atomic E-state index is 8.96. The Bertz CT molecular complexity index is 475. The van der Waals surface area contributed by atoms with Crippen LogP contribution in [-0.4, -0.2) is 54.4 Å². The zero-order chi connectivity index (χ0) is 14.5. The van der Waals surface area contributed by atoms with Crippen LogP contribution in [0.4, 0.5) is 5.69 Å². The molecule has 0 aromatic heterocycles. The first-order valence-electron chi connectivity index (χ1n) is 6.87. The molecule has 2 rings (SSSR count). The fourth-order valence-corrected chi connectivity index (χ4v) is 2.84. The van der Waals surface area contributed by atoms with Crippen LogP contribution in [0.15, 0.2) is 18.2 Å². The molecule has 1 heterocycles. The molecule has 1 aliphatic heterocycles. The number of halogens is 1. The summed E-state index contributed by atoms with van der Waals surface area (Å²) in [4.78, 5) is 3.61. The summed E-state index contributed by atoms with van der Waals surface area (Å²) in [5.74, 6) is 0. The van der Waals surface area contributed by atoms with E-state index in [4.69, 9.17) is 28.9 Å². The van der Waals surface area contributed by atoms with Gasteiger partial charge in [0.25, 0.3) is 0 Å². The number of anilines is 1. The average molecular weight is 315 g/mol. The molecule has 1 aromatic rings. The first kappa shape index (κ1) is 15.5. The molecule has 6 heteroatoms. The van der Waals surface area contributed by atoms with Crippen molar-refractivity contribution in [1.82, 2.24) is 4.90 Å². The third-order valence-corrected chi connectivity index (χ3v) is 4.50. The highest BCUT2D eigenvalue weighted by Crippen LogP contribution is 2.23. The minimum Gasteiger partial charge on any atom is -0.391 e. The molecule has 1 fully saturated rings. The summed E-state index contributed by atoms with van der Waals surface area (Å²) in [5.41, 5.74) is 1.98. The number of thiocarbonyl (C=S) groups is 1. The molecule has 0 aliphatic carbocycles. The van der Waals surface area contributed by atoms with Crippen LogP contribution in [0.3, 0.4) is 0 Å². The minimum atomic E-state index is 0.250. The Morgan fingerprint density at radius 1 is 1.45 bits per heavy atom. The summed E-state index contributed by atoms with van der Waals surface area (Å²) < 4.78 is 0. The van der Waals surface area contributed by atoms with Gasteiger partial charge in [-0.3, -0.25) is 0 Å². The highest BCUT2D eigenvalue weighted by atomic mass is 35.5. The predicted octanol–water partition coefficient (Wildman–Crippen LogP) is 0.538. The summed E-state index contributed by atoms with van der Waals surface area (Å²) in [7, 11) is 0. The van der Waals surface area contributed by atoms with E-state index >= 15 is 0 Å². The topological polar surface area (TPSA) is 39.9 Å². The quantitative estimate of drug-likeness (QED) is 0.712. The van der Waals surface area contributed by atoms with Gasteiger partial charge in [0.1, 0.15) is 6.54 Å². The van der Waals surface area contributed by atoms with Crippen LogP contribution in [-0.2, 0) is 0 Å². The first-order valence-corrected chi connectivity index (χ1v) is 7.66. The Morgan fingerprint density at radius 2 is 2.15 bits per heavy atom. The van der Waals surface area contributed by atoms with Crippen molar-refractivity contribution in [3.63, 3.8) is 0 Å². The van der Waals surface area contributed by atoms with E-state index in [9.17, 15) is 0 Å². The van der Waals surface area contributed by atoms with Gasteiger partial charge < -0.3 is 20.2 Å². The first-order chi connectivity index (χ1) is 9.61. The van der Waals surface area contributed by atoms with Gasteiger partial charge in [0.15, 0.2) is 5.11 Å². The molecule has 0 atom stereocenters. The van der Waals surface area contributed by atoms with Gasteiger partial charge in [-0.05, 0) is 36.8 Å². The lowest BCUT2D eigenvalue weighted by Crippen LogP contribution is -3.15. The van der Waals surface area contributed by atoms with Gasteiger partial charge in [-0.25, -0.2) is 0 Å². The molecule has 0 radical (unpaired) electrons. The second-order valence-corrected chi connectivity index (χ2v) is 5.85. The summed E-state index contributed by atoms with van der Waals surface area (Å²) >= 11 is 11.6. The van der Waals surface area contributed by atoms with Gasteiger partial charge >= 0.3 is 0 Å². The molecule has 3 N–H and O–H groups in total. The monoisotopic (exact) mass is 314 g/mol. The van der Waals surface area contributed by atoms with Crippen molar-refractivity contribution in [1.29, 1.82) is 0 Å². The molecule has 0 saturated carbocycles. The highest BCUT2D eigenvalue weighted by molar-refractivity contribution is 7.80. The van der Waals surface area contributed by atoms with Crippen LogP contribution in [0.1, 0.15) is 5.56 Å². The number of benzene rings is 1. The van der Waals surface area contributed by atoms with Crippen LogP contribution in [0.2, 0.25) is 5.02 Å². The number of nitrogens with zero attached hydrogens (tertiary/aromatic N) is 1. The normalized spacial score (nSPS) is 16.2. The zero-order valence-electron chi connectivity index (χ0n) is 11.7. The smallest absolute Gasteiger partial charge is 0.173 e. The standard InChI is InChI=1S/C14H20ClN3OS/c1-11-12(15)3-2-4-13(11)16-14(20)18-7-5-17(6-8-18)9-10-19/h2-4,19H,5-10H2,1H3,(H,16,20)/p+1. The Morgan fingerprint density at radius 3 is 2.80 bits per heavy atom. The van der Waals surface area contributed by atoms with Crippen molar-refractivity contribution in [3.8, 4) is 0 Å². The maximum Gasteiger partial charge on any atom is 0.173 e. The predicted molar refractivity (Wildman–Crippen MR) is 86.6 cm³/mol. The number of hydrogen-bond donors (Lipinski definition) is 3. The molecule has 0 spiro atoms. The summed E-state index contributed by atoms with van der Waals surface area (Å²) in [5, 5.41) is 13.7. The van der Waals surface area contributed by atoms with Gasteiger partial charge in [-0.2, -0.15) is 0 Å². The number of rotatable bonds is 3. The van der Waals surface area contributed by atoms with Crippen LogP contribution in [0.25, 0.3) is 0 Å². The number of hydrogen-bond acceptors (Lipinski definition) is 2. The van der Waals surface area contributed by atoms with Crippen LogP contribution < -0.4 is 10.2 Å². The van der Waals surface area contributed by atoms with E-state index in [-0.39, 0.29) is 6.61 Å². The number of aliphatic hydroxyl groups is 1. The lowest BCUT2D eigenvalue weighted by atomic mass is 10.2. The SMILES string of the molecule is Cc1c(Cl)cccc1NC(=S)N1CC[NH+](CCO)CC1. The third-order valence-electron chi connectivity index (χ3n) is 3.73. The molecule has 20 heavy (non-hydrogen) atoms. The van der Waals surface area contributed by atoms with Gasteiger partial charge in [-0.15, -0.1) is 0 Å². The second kappa shape index (κ2) is 7.22. The van der Waals surface area contributed by atoms with E-state index in [0.717, 1.165) is 54.1 Å². The van der Waals surface area contributed by atoms with Crippen molar-refractivity contribution in [2.24, 2.45) is 0 Å². The summed E-state index contributed by atoms with van der Waals surface area (Å²) in [6.45, 7) is 6.91. The Kier molecular flexibility index (Phi) is 5.60. The van der Waals surface area contributed by atoms with E-state index in [2.05, 4.69) is 10.2 Å². The van der Waals surface area contributed by atoms with Gasteiger partial charge in [0.2, 0.25) is 0 Å². The minimum absolute atomic E-state index is 0.250. The van der Waals surface area contributed by atoms with Crippen molar-refractivity contribution in [2.45, 2.75) is 6.92 Å². The van der Waals surface area contributed by atoms with Crippen molar-refractivity contribution in [2.75, 3.05) is 44.6 Å². The fourth-order valence-electron chi connectivity index (χ4n) is 2.37. The summed E-state index contributed by atoms with van der Waals surface area (Å²) in [6, 6.07) is 5.78. The Balaban J connectivity index is 1.91. The molecule has 4 nitrogen and oxygen atoms in total. The number of piperazine rings is 1. The van der Waals surface area contributed by atoms with Crippen LogP contribution in [0, 0.1) is 6.92 Å². The van der Waals surface area contributed by atoms with Crippen molar-refractivity contribution in [3.05, 3.63) is 28.8 Å². The van der Waals surface area contributed by atoms with E-state index in [1.807, 2.05) is 25.1 Å². The van der Waals surface area contributed by atoms with E-state index < -0.39 is 0 Å². The Hall–Kier alpha value is -0.880. The zero-order valence-corrected chi connectivity index (χ0v) is 13.2. The largest absolute Gasteiger partial charge is 0.391 e. The lowest BCUT2D eigenvalue weighted by molar-refractivity contribution is -0.904. The molecule has 0 unspecified atom stereocenters. The van der Waals surface area contributed by atoms with E-state index in [1.165, 1.54) is 4.90 Å². The number of nitrogens with one attached hydrogen (secondary N) is 2. The molecule has 1 aliphatic rings.